The lowest BCUT2D eigenvalue weighted by atomic mass is 10.1. The van der Waals surface area contributed by atoms with E-state index < -0.39 is 4.75 Å². The zero-order valence-electron chi connectivity index (χ0n) is 15.4. The number of carbonyl (C=O) groups is 2. The number of ether oxygens (including phenoxy) is 1. The van der Waals surface area contributed by atoms with Crippen LogP contribution in [0.1, 0.15) is 57.9 Å². The third-order valence-electron chi connectivity index (χ3n) is 3.92. The fraction of sp³-hybridized carbons (Fsp3) is 0.524. The number of rotatable bonds is 13. The van der Waals surface area contributed by atoms with Crippen LogP contribution in [0, 0.1) is 0 Å². The van der Waals surface area contributed by atoms with Crippen LogP contribution in [0.5, 0.6) is 0 Å². The van der Waals surface area contributed by atoms with Gasteiger partial charge in [-0.05, 0) is 25.3 Å². The Kier molecular flexibility index (Phi) is 11.0. The Hall–Kier alpha value is -1.55. The molecule has 0 heterocycles. The van der Waals surface area contributed by atoms with Crippen LogP contribution in [-0.2, 0) is 20.9 Å². The van der Waals surface area contributed by atoms with E-state index in [9.17, 15) is 9.59 Å². The lowest BCUT2D eigenvalue weighted by Gasteiger charge is -2.23. The second kappa shape index (κ2) is 12.8. The molecule has 0 aromatic heterocycles. The molecule has 0 N–H and O–H groups in total. The minimum Gasteiger partial charge on any atom is -0.460 e. The summed E-state index contributed by atoms with van der Waals surface area (Å²) in [7, 11) is 0. The minimum absolute atomic E-state index is 0.253. The average molecular weight is 363 g/mol. The summed E-state index contributed by atoms with van der Waals surface area (Å²) in [6.07, 6.45) is 11.1. The SMILES string of the molecule is CCCCCCC=C[C@@](C)(SCCC=O)C(=O)OCc1ccccc1. The van der Waals surface area contributed by atoms with Gasteiger partial charge in [0.15, 0.2) is 0 Å². The van der Waals surface area contributed by atoms with Gasteiger partial charge in [0.1, 0.15) is 17.6 Å². The maximum atomic E-state index is 12.6. The normalized spacial score (nSPS) is 13.5. The summed E-state index contributed by atoms with van der Waals surface area (Å²) in [5, 5.41) is 0. The van der Waals surface area contributed by atoms with E-state index in [0.717, 1.165) is 24.7 Å². The molecule has 1 aromatic rings. The maximum Gasteiger partial charge on any atom is 0.326 e. The molecule has 0 saturated heterocycles. The van der Waals surface area contributed by atoms with Crippen molar-refractivity contribution in [2.75, 3.05) is 5.75 Å². The van der Waals surface area contributed by atoms with Gasteiger partial charge in [0.05, 0.1) is 0 Å². The van der Waals surface area contributed by atoms with E-state index in [1.165, 1.54) is 31.0 Å². The molecular weight excluding hydrogens is 332 g/mol. The number of esters is 1. The summed E-state index contributed by atoms with van der Waals surface area (Å²) in [5.41, 5.74) is 0.972. The fourth-order valence-corrected chi connectivity index (χ4v) is 3.37. The van der Waals surface area contributed by atoms with Gasteiger partial charge in [0, 0.05) is 12.2 Å². The molecule has 0 aliphatic rings. The summed E-state index contributed by atoms with van der Waals surface area (Å²) >= 11 is 1.47. The van der Waals surface area contributed by atoms with Crippen LogP contribution in [0.4, 0.5) is 0 Å². The van der Waals surface area contributed by atoms with Gasteiger partial charge < -0.3 is 9.53 Å². The van der Waals surface area contributed by atoms with Crippen LogP contribution in [0.2, 0.25) is 0 Å². The highest BCUT2D eigenvalue weighted by molar-refractivity contribution is 8.01. The van der Waals surface area contributed by atoms with Gasteiger partial charge in [0.25, 0.3) is 0 Å². The number of thioether (sulfide) groups is 1. The fourth-order valence-electron chi connectivity index (χ4n) is 2.36. The van der Waals surface area contributed by atoms with E-state index in [0.29, 0.717) is 12.2 Å². The van der Waals surface area contributed by atoms with E-state index >= 15 is 0 Å². The quantitative estimate of drug-likeness (QED) is 0.206. The van der Waals surface area contributed by atoms with Gasteiger partial charge in [-0.25, -0.2) is 0 Å². The predicted molar refractivity (Wildman–Crippen MR) is 106 cm³/mol. The van der Waals surface area contributed by atoms with Crippen LogP contribution in [0.15, 0.2) is 42.5 Å². The Labute approximate surface area is 156 Å². The van der Waals surface area contributed by atoms with Crippen molar-refractivity contribution in [1.82, 2.24) is 0 Å². The smallest absolute Gasteiger partial charge is 0.326 e. The van der Waals surface area contributed by atoms with Crippen LogP contribution >= 0.6 is 11.8 Å². The van der Waals surface area contributed by atoms with Crippen molar-refractivity contribution >= 4 is 24.0 Å². The molecule has 138 valence electrons. The molecule has 1 atom stereocenters. The van der Waals surface area contributed by atoms with Crippen LogP contribution in [0.3, 0.4) is 0 Å². The molecule has 0 amide bonds. The van der Waals surface area contributed by atoms with Crippen molar-refractivity contribution in [2.24, 2.45) is 0 Å². The molecule has 25 heavy (non-hydrogen) atoms. The first-order valence-electron chi connectivity index (χ1n) is 9.09. The Balaban J connectivity index is 2.60. The third kappa shape index (κ3) is 8.92. The minimum atomic E-state index is -0.747. The molecule has 0 radical (unpaired) electrons. The van der Waals surface area contributed by atoms with Crippen LogP contribution < -0.4 is 0 Å². The van der Waals surface area contributed by atoms with E-state index in [4.69, 9.17) is 4.74 Å². The van der Waals surface area contributed by atoms with Gasteiger partial charge in [-0.1, -0.05) is 68.7 Å². The highest BCUT2D eigenvalue weighted by atomic mass is 32.2. The number of carbonyl (C=O) groups excluding carboxylic acids is 2. The highest BCUT2D eigenvalue weighted by Crippen LogP contribution is 2.29. The molecule has 1 rings (SSSR count). The van der Waals surface area contributed by atoms with E-state index in [1.807, 2.05) is 43.3 Å². The van der Waals surface area contributed by atoms with Crippen molar-refractivity contribution in [1.29, 1.82) is 0 Å². The van der Waals surface area contributed by atoms with Crippen molar-refractivity contribution in [3.8, 4) is 0 Å². The first kappa shape index (κ1) is 21.5. The van der Waals surface area contributed by atoms with Gasteiger partial charge >= 0.3 is 5.97 Å². The number of aldehydes is 1. The topological polar surface area (TPSA) is 43.4 Å². The Bertz CT molecular complexity index is 527. The molecule has 3 nitrogen and oxygen atoms in total. The number of hydrogen-bond acceptors (Lipinski definition) is 4. The van der Waals surface area contributed by atoms with Gasteiger partial charge in [0.2, 0.25) is 0 Å². The summed E-state index contributed by atoms with van der Waals surface area (Å²) in [6.45, 7) is 4.34. The first-order valence-corrected chi connectivity index (χ1v) is 10.1. The Morgan fingerprint density at radius 1 is 1.16 bits per heavy atom. The molecule has 4 heteroatoms. The molecule has 0 bridgehead atoms. The standard InChI is InChI=1S/C21H30O3S/c1-3-4-5-6-7-11-15-21(2,25-17-12-16-22)20(23)24-18-19-13-9-8-10-14-19/h8-11,13-16H,3-7,12,17-18H2,1-2H3/t21-/m1/s1. The molecule has 0 fully saturated rings. The van der Waals surface area contributed by atoms with Crippen molar-refractivity contribution in [2.45, 2.75) is 63.7 Å². The average Bonchev–Trinajstić information content (AvgIpc) is 2.63. The number of unbranched alkanes of at least 4 members (excludes halogenated alkanes) is 4. The number of hydrogen-bond donors (Lipinski definition) is 0. The Morgan fingerprint density at radius 3 is 2.60 bits per heavy atom. The highest BCUT2D eigenvalue weighted by Gasteiger charge is 2.32. The molecule has 0 saturated carbocycles. The van der Waals surface area contributed by atoms with Crippen molar-refractivity contribution in [3.05, 3.63) is 48.0 Å². The second-order valence-electron chi connectivity index (χ2n) is 6.22. The number of allylic oxidation sites excluding steroid dienone is 1. The molecule has 0 aliphatic heterocycles. The zero-order valence-corrected chi connectivity index (χ0v) is 16.2. The largest absolute Gasteiger partial charge is 0.460 e. The molecule has 0 spiro atoms. The van der Waals surface area contributed by atoms with E-state index in [-0.39, 0.29) is 12.6 Å². The molecular formula is C21H30O3S. The first-order chi connectivity index (χ1) is 12.1. The molecule has 0 aliphatic carbocycles. The number of benzene rings is 1. The predicted octanol–water partition coefficient (Wildman–Crippen LogP) is 5.34. The zero-order chi connectivity index (χ0) is 18.4. The van der Waals surface area contributed by atoms with Gasteiger partial charge in [-0.2, -0.15) is 0 Å². The van der Waals surface area contributed by atoms with Gasteiger partial charge in [-0.15, -0.1) is 11.8 Å². The summed E-state index contributed by atoms with van der Waals surface area (Å²) < 4.78 is 4.77. The monoisotopic (exact) mass is 362 g/mol. The van der Waals surface area contributed by atoms with Crippen LogP contribution in [-0.4, -0.2) is 22.8 Å². The summed E-state index contributed by atoms with van der Waals surface area (Å²) in [6, 6.07) is 9.67. The summed E-state index contributed by atoms with van der Waals surface area (Å²) in [4.78, 5) is 23.2. The van der Waals surface area contributed by atoms with E-state index in [2.05, 4.69) is 13.0 Å². The maximum absolute atomic E-state index is 12.6. The van der Waals surface area contributed by atoms with E-state index in [1.54, 1.807) is 0 Å². The molecule has 1 aromatic carbocycles. The second-order valence-corrected chi connectivity index (χ2v) is 7.77. The lowest BCUT2D eigenvalue weighted by Crippen LogP contribution is -2.32. The lowest BCUT2D eigenvalue weighted by molar-refractivity contribution is -0.146. The van der Waals surface area contributed by atoms with Gasteiger partial charge in [-0.3, -0.25) is 4.79 Å². The van der Waals surface area contributed by atoms with Crippen molar-refractivity contribution in [3.63, 3.8) is 0 Å². The summed E-state index contributed by atoms with van der Waals surface area (Å²) in [5.74, 6) is 0.359. The van der Waals surface area contributed by atoms with Crippen LogP contribution in [0.25, 0.3) is 0 Å². The third-order valence-corrected chi connectivity index (χ3v) is 5.26. The molecule has 0 unspecified atom stereocenters. The Morgan fingerprint density at radius 2 is 1.92 bits per heavy atom. The van der Waals surface area contributed by atoms with Crippen molar-refractivity contribution < 1.29 is 14.3 Å².